The van der Waals surface area contributed by atoms with Crippen molar-refractivity contribution in [1.29, 1.82) is 0 Å². The van der Waals surface area contributed by atoms with E-state index in [1.165, 1.54) is 69.8 Å². The van der Waals surface area contributed by atoms with Crippen molar-refractivity contribution in [1.82, 2.24) is 0 Å². The summed E-state index contributed by atoms with van der Waals surface area (Å²) in [6.07, 6.45) is 22.0. The summed E-state index contributed by atoms with van der Waals surface area (Å²) in [5.74, 6) is 0. The van der Waals surface area contributed by atoms with E-state index < -0.39 is 0 Å². The van der Waals surface area contributed by atoms with Gasteiger partial charge in [-0.15, -0.1) is 6.58 Å². The maximum Gasteiger partial charge on any atom is -0.0326 e. The topological polar surface area (TPSA) is 0 Å². The van der Waals surface area contributed by atoms with Crippen LogP contribution in [0.3, 0.4) is 0 Å². The van der Waals surface area contributed by atoms with Crippen molar-refractivity contribution >= 4 is 0 Å². The van der Waals surface area contributed by atoms with Crippen molar-refractivity contribution in [3.05, 3.63) is 36.5 Å². The molecular weight excluding hydrogens is 216 g/mol. The van der Waals surface area contributed by atoms with E-state index in [1.54, 1.807) is 0 Å². The van der Waals surface area contributed by atoms with E-state index in [0.29, 0.717) is 0 Å². The quantitative estimate of drug-likeness (QED) is 0.207. The highest BCUT2D eigenvalue weighted by Crippen LogP contribution is 2.10. The van der Waals surface area contributed by atoms with Crippen molar-refractivity contribution in [2.24, 2.45) is 0 Å². The third-order valence-electron chi connectivity index (χ3n) is 3.08. The van der Waals surface area contributed by atoms with Crippen molar-refractivity contribution in [3.63, 3.8) is 0 Å². The minimum absolute atomic E-state index is 1.21. The molecule has 0 aliphatic rings. The summed E-state index contributed by atoms with van der Waals surface area (Å²) in [4.78, 5) is 0. The average molecular weight is 248 g/mol. The second-order valence-electron chi connectivity index (χ2n) is 5.26. The highest BCUT2D eigenvalue weighted by molar-refractivity contribution is 5.02. The van der Waals surface area contributed by atoms with Gasteiger partial charge in [0.05, 0.1) is 0 Å². The predicted octanol–water partition coefficient (Wildman–Crippen LogP) is 6.60. The molecule has 0 N–H and O–H groups in total. The Kier molecular flexibility index (Phi) is 13.7. The molecule has 0 nitrogen and oxygen atoms in total. The summed E-state index contributed by atoms with van der Waals surface area (Å²) in [6.45, 7) is 8.29. The Balaban J connectivity index is 3.17. The summed E-state index contributed by atoms with van der Waals surface area (Å²) in [5.41, 5.74) is 1.33. The monoisotopic (exact) mass is 248 g/mol. The van der Waals surface area contributed by atoms with Crippen LogP contribution in [0.15, 0.2) is 36.5 Å². The molecule has 0 aromatic carbocycles. The summed E-state index contributed by atoms with van der Waals surface area (Å²) < 4.78 is 0. The molecule has 0 unspecified atom stereocenters. The van der Waals surface area contributed by atoms with Crippen molar-refractivity contribution in [3.8, 4) is 0 Å². The summed E-state index contributed by atoms with van der Waals surface area (Å²) in [6, 6.07) is 0. The molecule has 0 saturated heterocycles. The number of rotatable bonds is 12. The van der Waals surface area contributed by atoms with Crippen molar-refractivity contribution in [2.75, 3.05) is 0 Å². The summed E-state index contributed by atoms with van der Waals surface area (Å²) >= 11 is 0. The van der Waals surface area contributed by atoms with E-state index in [-0.39, 0.29) is 0 Å². The second-order valence-corrected chi connectivity index (χ2v) is 5.26. The molecule has 0 aromatic heterocycles. The van der Waals surface area contributed by atoms with Crippen LogP contribution >= 0.6 is 0 Å². The minimum atomic E-state index is 1.21. The molecule has 0 bridgehead atoms. The first-order chi connectivity index (χ1) is 8.77. The lowest BCUT2D eigenvalue weighted by Crippen LogP contribution is -1.80. The summed E-state index contributed by atoms with van der Waals surface area (Å²) in [5, 5.41) is 0. The Morgan fingerprint density at radius 1 is 0.833 bits per heavy atom. The zero-order valence-electron chi connectivity index (χ0n) is 12.6. The van der Waals surface area contributed by atoms with E-state index in [2.05, 4.69) is 44.7 Å². The zero-order valence-corrected chi connectivity index (χ0v) is 12.6. The van der Waals surface area contributed by atoms with Gasteiger partial charge >= 0.3 is 0 Å². The first-order valence-electron chi connectivity index (χ1n) is 7.73. The SMILES string of the molecule is C=C(C)CCCCCCC/C=C/C=C\CCCC. The lowest BCUT2D eigenvalue weighted by molar-refractivity contribution is 0.616. The predicted molar refractivity (Wildman–Crippen MR) is 84.9 cm³/mol. The fraction of sp³-hybridized carbons (Fsp3) is 0.667. The largest absolute Gasteiger partial charge is 0.100 e. The molecule has 0 heteroatoms. The molecule has 0 heterocycles. The first-order valence-corrected chi connectivity index (χ1v) is 7.73. The fourth-order valence-electron chi connectivity index (χ4n) is 1.89. The molecule has 104 valence electrons. The smallest absolute Gasteiger partial charge is 0.0326 e. The van der Waals surface area contributed by atoms with Gasteiger partial charge in [0.25, 0.3) is 0 Å². The van der Waals surface area contributed by atoms with Crippen LogP contribution in [0.25, 0.3) is 0 Å². The molecule has 0 aromatic rings. The van der Waals surface area contributed by atoms with E-state index in [4.69, 9.17) is 0 Å². The van der Waals surface area contributed by atoms with Gasteiger partial charge in [0, 0.05) is 0 Å². The van der Waals surface area contributed by atoms with E-state index in [0.717, 1.165) is 0 Å². The fourth-order valence-corrected chi connectivity index (χ4v) is 1.89. The third-order valence-corrected chi connectivity index (χ3v) is 3.08. The summed E-state index contributed by atoms with van der Waals surface area (Å²) in [7, 11) is 0. The van der Waals surface area contributed by atoms with E-state index in [1.807, 2.05) is 0 Å². The maximum absolute atomic E-state index is 3.93. The Morgan fingerprint density at radius 3 is 2.00 bits per heavy atom. The number of unbranched alkanes of at least 4 members (excludes halogenated alkanes) is 7. The third kappa shape index (κ3) is 15.2. The molecule has 0 saturated carbocycles. The van der Waals surface area contributed by atoms with Gasteiger partial charge in [-0.1, -0.05) is 68.9 Å². The van der Waals surface area contributed by atoms with Crippen LogP contribution < -0.4 is 0 Å². The van der Waals surface area contributed by atoms with E-state index in [9.17, 15) is 0 Å². The first kappa shape index (κ1) is 17.2. The van der Waals surface area contributed by atoms with Crippen LogP contribution in [0, 0.1) is 0 Å². The molecule has 0 amide bonds. The molecule has 0 radical (unpaired) electrons. The molecular formula is C18H32. The molecule has 0 spiro atoms. The van der Waals surface area contributed by atoms with Crippen LogP contribution in [0.5, 0.6) is 0 Å². The highest BCUT2D eigenvalue weighted by atomic mass is 14.0. The van der Waals surface area contributed by atoms with Gasteiger partial charge < -0.3 is 0 Å². The van der Waals surface area contributed by atoms with Gasteiger partial charge in [-0.3, -0.25) is 0 Å². The zero-order chi connectivity index (χ0) is 13.5. The highest BCUT2D eigenvalue weighted by Gasteiger charge is 1.90. The second kappa shape index (κ2) is 14.3. The van der Waals surface area contributed by atoms with Crippen LogP contribution in [0.2, 0.25) is 0 Å². The van der Waals surface area contributed by atoms with E-state index >= 15 is 0 Å². The Hall–Kier alpha value is -0.780. The molecule has 0 rings (SSSR count). The lowest BCUT2D eigenvalue weighted by atomic mass is 10.1. The molecule has 0 fully saturated rings. The van der Waals surface area contributed by atoms with Crippen molar-refractivity contribution < 1.29 is 0 Å². The molecule has 0 aliphatic heterocycles. The molecule has 0 aliphatic carbocycles. The Bertz CT molecular complexity index is 232. The van der Waals surface area contributed by atoms with Gasteiger partial charge in [0.15, 0.2) is 0 Å². The van der Waals surface area contributed by atoms with Gasteiger partial charge in [-0.2, -0.15) is 0 Å². The number of hydrogen-bond donors (Lipinski definition) is 0. The van der Waals surface area contributed by atoms with Crippen LogP contribution in [-0.2, 0) is 0 Å². The maximum atomic E-state index is 3.93. The van der Waals surface area contributed by atoms with Crippen LogP contribution in [0.4, 0.5) is 0 Å². The van der Waals surface area contributed by atoms with Gasteiger partial charge in [-0.25, -0.2) is 0 Å². The average Bonchev–Trinajstić information content (AvgIpc) is 2.34. The van der Waals surface area contributed by atoms with Gasteiger partial charge in [0.2, 0.25) is 0 Å². The minimum Gasteiger partial charge on any atom is -0.100 e. The Morgan fingerprint density at radius 2 is 1.39 bits per heavy atom. The van der Waals surface area contributed by atoms with Gasteiger partial charge in [0.1, 0.15) is 0 Å². The number of allylic oxidation sites excluding steroid dienone is 5. The van der Waals surface area contributed by atoms with Crippen LogP contribution in [-0.4, -0.2) is 0 Å². The van der Waals surface area contributed by atoms with Crippen molar-refractivity contribution in [2.45, 2.75) is 78.1 Å². The molecule has 0 atom stereocenters. The Labute approximate surface area is 115 Å². The standard InChI is InChI=1S/C18H32/c1-4-5-6-7-8-9-10-11-12-13-14-15-16-17-18(2)3/h7-10H,2,4-6,11-17H2,1,3H3/b8-7-,10-9+. The molecule has 18 heavy (non-hydrogen) atoms. The number of hydrogen-bond acceptors (Lipinski definition) is 0. The van der Waals surface area contributed by atoms with Gasteiger partial charge in [-0.05, 0) is 39.0 Å². The lowest BCUT2D eigenvalue weighted by Gasteiger charge is -2.00. The normalized spacial score (nSPS) is 11.7. The van der Waals surface area contributed by atoms with Crippen LogP contribution in [0.1, 0.15) is 78.1 Å².